The molecular formula is C21H25NO4. The van der Waals surface area contributed by atoms with Gasteiger partial charge in [-0.3, -0.25) is 10.1 Å². The molecule has 0 saturated heterocycles. The minimum Gasteiger partial charge on any atom is -0.497 e. The molecule has 0 atom stereocenters. The maximum absolute atomic E-state index is 12.7. The first kappa shape index (κ1) is 19.5. The standard InChI is InChI=1S/C21H25NO4/c1-14-8-6-7-9-17(14)19(23)12-15-10-11-16(25-5)13-18(15)22-20(24)26-21(2,3)4/h6-11,13H,12H2,1-5H3,(H,22,24). The van der Waals surface area contributed by atoms with Gasteiger partial charge in [0.1, 0.15) is 11.4 Å². The minimum atomic E-state index is -0.611. The molecule has 0 spiro atoms. The molecule has 26 heavy (non-hydrogen) atoms. The Morgan fingerprint density at radius 2 is 1.77 bits per heavy atom. The van der Waals surface area contributed by atoms with Crippen molar-refractivity contribution in [3.8, 4) is 5.75 Å². The second-order valence-electron chi connectivity index (χ2n) is 7.06. The Kier molecular flexibility index (Phi) is 6.03. The lowest BCUT2D eigenvalue weighted by Gasteiger charge is -2.20. The highest BCUT2D eigenvalue weighted by molar-refractivity contribution is 6.00. The van der Waals surface area contributed by atoms with E-state index in [-0.39, 0.29) is 12.2 Å². The Hall–Kier alpha value is -2.82. The predicted molar refractivity (Wildman–Crippen MR) is 102 cm³/mol. The number of hydrogen-bond donors (Lipinski definition) is 1. The highest BCUT2D eigenvalue weighted by Gasteiger charge is 2.19. The summed E-state index contributed by atoms with van der Waals surface area (Å²) in [6.45, 7) is 7.28. The van der Waals surface area contributed by atoms with Crippen molar-refractivity contribution in [2.45, 2.75) is 39.7 Å². The second-order valence-corrected chi connectivity index (χ2v) is 7.06. The Labute approximate surface area is 154 Å². The maximum Gasteiger partial charge on any atom is 0.412 e. The molecule has 1 N–H and O–H groups in total. The van der Waals surface area contributed by atoms with Crippen molar-refractivity contribution in [3.63, 3.8) is 0 Å². The van der Waals surface area contributed by atoms with Gasteiger partial charge in [-0.1, -0.05) is 30.3 Å². The van der Waals surface area contributed by atoms with Gasteiger partial charge in [0, 0.05) is 18.1 Å². The van der Waals surface area contributed by atoms with Crippen LogP contribution in [0.25, 0.3) is 0 Å². The molecule has 0 saturated carbocycles. The molecule has 0 aliphatic rings. The van der Waals surface area contributed by atoms with Gasteiger partial charge in [-0.05, 0) is 44.9 Å². The highest BCUT2D eigenvalue weighted by atomic mass is 16.6. The van der Waals surface area contributed by atoms with Gasteiger partial charge in [-0.25, -0.2) is 4.79 Å². The predicted octanol–water partition coefficient (Wildman–Crippen LogP) is 4.78. The first-order valence-corrected chi connectivity index (χ1v) is 8.45. The van der Waals surface area contributed by atoms with E-state index < -0.39 is 11.7 Å². The van der Waals surface area contributed by atoms with E-state index >= 15 is 0 Å². The number of rotatable bonds is 5. The molecule has 0 radical (unpaired) electrons. The number of aryl methyl sites for hydroxylation is 1. The largest absolute Gasteiger partial charge is 0.497 e. The summed E-state index contributed by atoms with van der Waals surface area (Å²) >= 11 is 0. The average Bonchev–Trinajstić information content (AvgIpc) is 2.55. The van der Waals surface area contributed by atoms with Crippen LogP contribution in [-0.2, 0) is 11.2 Å². The highest BCUT2D eigenvalue weighted by Crippen LogP contribution is 2.25. The number of nitrogens with one attached hydrogen (secondary N) is 1. The summed E-state index contributed by atoms with van der Waals surface area (Å²) < 4.78 is 10.5. The lowest BCUT2D eigenvalue weighted by atomic mass is 9.98. The van der Waals surface area contributed by atoms with Crippen LogP contribution in [0.15, 0.2) is 42.5 Å². The molecule has 0 aliphatic heterocycles. The molecule has 2 rings (SSSR count). The van der Waals surface area contributed by atoms with Crippen LogP contribution in [0.2, 0.25) is 0 Å². The summed E-state index contributed by atoms with van der Waals surface area (Å²) in [6.07, 6.45) is -0.407. The van der Waals surface area contributed by atoms with Gasteiger partial charge in [0.05, 0.1) is 12.8 Å². The molecule has 5 nitrogen and oxygen atoms in total. The van der Waals surface area contributed by atoms with E-state index in [4.69, 9.17) is 9.47 Å². The third-order valence-corrected chi connectivity index (χ3v) is 3.75. The first-order chi connectivity index (χ1) is 12.2. The van der Waals surface area contributed by atoms with Gasteiger partial charge in [-0.2, -0.15) is 0 Å². The summed E-state index contributed by atoms with van der Waals surface area (Å²) in [6, 6.07) is 12.7. The molecule has 0 bridgehead atoms. The van der Waals surface area contributed by atoms with Gasteiger partial charge in [0.2, 0.25) is 0 Å². The SMILES string of the molecule is COc1ccc(CC(=O)c2ccccc2C)c(NC(=O)OC(C)(C)C)c1. The summed E-state index contributed by atoms with van der Waals surface area (Å²) in [5.74, 6) is 0.573. The number of anilines is 1. The van der Waals surface area contributed by atoms with Crippen LogP contribution >= 0.6 is 0 Å². The van der Waals surface area contributed by atoms with Crippen LogP contribution in [0, 0.1) is 6.92 Å². The molecule has 0 aliphatic carbocycles. The molecule has 1 amide bonds. The zero-order chi connectivity index (χ0) is 19.3. The van der Waals surface area contributed by atoms with E-state index in [1.54, 1.807) is 46.1 Å². The minimum absolute atomic E-state index is 0.0134. The van der Waals surface area contributed by atoms with Crippen molar-refractivity contribution in [1.29, 1.82) is 0 Å². The van der Waals surface area contributed by atoms with Gasteiger partial charge >= 0.3 is 6.09 Å². The zero-order valence-corrected chi connectivity index (χ0v) is 15.9. The summed E-state index contributed by atoms with van der Waals surface area (Å²) in [4.78, 5) is 24.8. The molecule has 2 aromatic rings. The van der Waals surface area contributed by atoms with Crippen molar-refractivity contribution in [1.82, 2.24) is 0 Å². The molecule has 138 valence electrons. The smallest absolute Gasteiger partial charge is 0.412 e. The first-order valence-electron chi connectivity index (χ1n) is 8.45. The van der Waals surface area contributed by atoms with E-state index in [0.717, 1.165) is 5.56 Å². The number of carbonyl (C=O) groups is 2. The number of ether oxygens (including phenoxy) is 2. The Morgan fingerprint density at radius 1 is 1.08 bits per heavy atom. The number of carbonyl (C=O) groups excluding carboxylic acids is 2. The molecule has 0 heterocycles. The van der Waals surface area contributed by atoms with Gasteiger partial charge < -0.3 is 9.47 Å². The lowest BCUT2D eigenvalue weighted by Crippen LogP contribution is -2.27. The van der Waals surface area contributed by atoms with Crippen molar-refractivity contribution in [2.24, 2.45) is 0 Å². The monoisotopic (exact) mass is 355 g/mol. The van der Waals surface area contributed by atoms with Gasteiger partial charge in [0.25, 0.3) is 0 Å². The van der Waals surface area contributed by atoms with Crippen LogP contribution in [0.5, 0.6) is 5.75 Å². The summed E-state index contributed by atoms with van der Waals surface area (Å²) in [5.41, 5.74) is 2.18. The number of amides is 1. The van der Waals surface area contributed by atoms with E-state index in [9.17, 15) is 9.59 Å². The number of benzene rings is 2. The van der Waals surface area contributed by atoms with Crippen molar-refractivity contribution < 1.29 is 19.1 Å². The van der Waals surface area contributed by atoms with Crippen LogP contribution in [0.3, 0.4) is 0 Å². The normalized spacial score (nSPS) is 11.0. The third-order valence-electron chi connectivity index (χ3n) is 3.75. The van der Waals surface area contributed by atoms with E-state index in [2.05, 4.69) is 5.32 Å². The molecule has 0 fully saturated rings. The van der Waals surface area contributed by atoms with Crippen molar-refractivity contribution >= 4 is 17.6 Å². The number of methoxy groups -OCH3 is 1. The Bertz CT molecular complexity index is 806. The number of ketones is 1. The Morgan fingerprint density at radius 3 is 2.38 bits per heavy atom. The average molecular weight is 355 g/mol. The van der Waals surface area contributed by atoms with Gasteiger partial charge in [0.15, 0.2) is 5.78 Å². The number of hydrogen-bond acceptors (Lipinski definition) is 4. The van der Waals surface area contributed by atoms with Crippen LogP contribution < -0.4 is 10.1 Å². The van der Waals surface area contributed by atoms with Crippen molar-refractivity contribution in [3.05, 3.63) is 59.2 Å². The van der Waals surface area contributed by atoms with Crippen molar-refractivity contribution in [2.75, 3.05) is 12.4 Å². The molecule has 0 unspecified atom stereocenters. The van der Waals surface area contributed by atoms with E-state index in [0.29, 0.717) is 22.6 Å². The third kappa shape index (κ3) is 5.34. The fourth-order valence-corrected chi connectivity index (χ4v) is 2.52. The molecule has 0 aromatic heterocycles. The molecular weight excluding hydrogens is 330 g/mol. The van der Waals surface area contributed by atoms with Gasteiger partial charge in [-0.15, -0.1) is 0 Å². The second kappa shape index (κ2) is 8.04. The maximum atomic E-state index is 12.7. The fourth-order valence-electron chi connectivity index (χ4n) is 2.52. The lowest BCUT2D eigenvalue weighted by molar-refractivity contribution is 0.0635. The van der Waals surface area contributed by atoms with Crippen LogP contribution in [0.1, 0.15) is 42.3 Å². The zero-order valence-electron chi connectivity index (χ0n) is 15.9. The van der Waals surface area contributed by atoms with E-state index in [1.807, 2.05) is 31.2 Å². The quantitative estimate of drug-likeness (QED) is 0.784. The van der Waals surface area contributed by atoms with Crippen LogP contribution in [-0.4, -0.2) is 24.6 Å². The molecule has 5 heteroatoms. The van der Waals surface area contributed by atoms with E-state index in [1.165, 1.54) is 0 Å². The van der Waals surface area contributed by atoms with Crippen LogP contribution in [0.4, 0.5) is 10.5 Å². The number of Topliss-reactive ketones (excluding diaryl/α,β-unsaturated/α-hetero) is 1. The summed E-state index contributed by atoms with van der Waals surface area (Å²) in [5, 5.41) is 2.72. The summed E-state index contributed by atoms with van der Waals surface area (Å²) in [7, 11) is 1.55. The molecule has 2 aromatic carbocycles. The Balaban J connectivity index is 2.26. The topological polar surface area (TPSA) is 64.6 Å². The fraction of sp³-hybridized carbons (Fsp3) is 0.333.